The highest BCUT2D eigenvalue weighted by molar-refractivity contribution is 5.73. The Hall–Kier alpha value is -3.99. The number of halogens is 3. The molecule has 5 nitrogen and oxygen atoms in total. The molecule has 34 heavy (non-hydrogen) atoms. The van der Waals surface area contributed by atoms with Crippen LogP contribution in [0.25, 0.3) is 0 Å². The van der Waals surface area contributed by atoms with Crippen molar-refractivity contribution in [3.05, 3.63) is 89.7 Å². The van der Waals surface area contributed by atoms with Crippen molar-refractivity contribution in [2.24, 2.45) is 5.92 Å². The molecule has 176 valence electrons. The summed E-state index contributed by atoms with van der Waals surface area (Å²) in [5.41, 5.74) is 0.908. The number of esters is 1. The van der Waals surface area contributed by atoms with Gasteiger partial charge in [0.25, 0.3) is 0 Å². The molecular formula is C26H22F3NO4. The molecule has 3 rings (SSSR count). The van der Waals surface area contributed by atoms with Crippen LogP contribution in [-0.2, 0) is 16.0 Å². The molecule has 0 aliphatic rings. The highest BCUT2D eigenvalue weighted by atomic mass is 19.3. The molecule has 0 amide bonds. The molecule has 3 aromatic carbocycles. The third-order valence-corrected chi connectivity index (χ3v) is 4.77. The molecule has 0 heterocycles. The number of nitriles is 1. The standard InChI is InChI=1S/C26H22F3NO4/c1-17(2)26(28,29)34-22-10-6-18(7-11-22)14-25(31)33-24(16-30)19-4-3-5-23(15-19)32-21-12-8-20(27)9-13-21/h3-13,15,17,24H,14H2,1-2H3. The van der Waals surface area contributed by atoms with Crippen molar-refractivity contribution in [1.29, 1.82) is 5.26 Å². The Morgan fingerprint density at radius 1 is 0.971 bits per heavy atom. The fourth-order valence-corrected chi connectivity index (χ4v) is 2.84. The highest BCUT2D eigenvalue weighted by Crippen LogP contribution is 2.29. The first-order chi connectivity index (χ1) is 16.2. The summed E-state index contributed by atoms with van der Waals surface area (Å²) >= 11 is 0. The van der Waals surface area contributed by atoms with Gasteiger partial charge in [0.2, 0.25) is 6.10 Å². The molecule has 0 saturated heterocycles. The SMILES string of the molecule is CC(C)C(F)(F)Oc1ccc(CC(=O)OC(C#N)c2cccc(Oc3ccc(F)cc3)c2)cc1. The molecule has 0 aliphatic carbocycles. The van der Waals surface area contributed by atoms with Crippen LogP contribution < -0.4 is 9.47 Å². The van der Waals surface area contributed by atoms with E-state index in [2.05, 4.69) is 0 Å². The van der Waals surface area contributed by atoms with Crippen molar-refractivity contribution in [2.75, 3.05) is 0 Å². The number of ether oxygens (including phenoxy) is 3. The summed E-state index contributed by atoms with van der Waals surface area (Å²) in [6.45, 7) is 2.70. The quantitative estimate of drug-likeness (QED) is 0.331. The number of nitrogens with zero attached hydrogens (tertiary/aromatic N) is 1. The second-order valence-electron chi connectivity index (χ2n) is 7.77. The molecule has 0 N–H and O–H groups in total. The predicted octanol–water partition coefficient (Wildman–Crippen LogP) is 6.60. The number of hydrogen-bond acceptors (Lipinski definition) is 5. The van der Waals surface area contributed by atoms with Crippen LogP contribution in [0.5, 0.6) is 17.2 Å². The van der Waals surface area contributed by atoms with E-state index in [1.165, 1.54) is 62.4 Å². The number of carbonyl (C=O) groups is 1. The third-order valence-electron chi connectivity index (χ3n) is 4.77. The second kappa shape index (κ2) is 10.8. The third kappa shape index (κ3) is 6.75. The van der Waals surface area contributed by atoms with Gasteiger partial charge in [0.1, 0.15) is 29.1 Å². The number of carbonyl (C=O) groups excluding carboxylic acids is 1. The van der Waals surface area contributed by atoms with Gasteiger partial charge >= 0.3 is 12.1 Å². The normalized spacial score (nSPS) is 12.0. The number of benzene rings is 3. The van der Waals surface area contributed by atoms with Gasteiger partial charge in [-0.25, -0.2) is 4.39 Å². The van der Waals surface area contributed by atoms with E-state index < -0.39 is 29.9 Å². The average Bonchev–Trinajstić information content (AvgIpc) is 2.80. The average molecular weight is 469 g/mol. The topological polar surface area (TPSA) is 68.5 Å². The molecule has 0 radical (unpaired) electrons. The van der Waals surface area contributed by atoms with Crippen molar-refractivity contribution in [3.63, 3.8) is 0 Å². The van der Waals surface area contributed by atoms with E-state index in [0.29, 0.717) is 22.6 Å². The lowest BCUT2D eigenvalue weighted by Crippen LogP contribution is -2.31. The summed E-state index contributed by atoms with van der Waals surface area (Å²) in [6.07, 6.45) is -4.66. The van der Waals surface area contributed by atoms with E-state index in [0.717, 1.165) is 0 Å². The molecular weight excluding hydrogens is 447 g/mol. The first kappa shape index (κ1) is 24.6. The van der Waals surface area contributed by atoms with Gasteiger partial charge in [0.15, 0.2) is 0 Å². The molecule has 0 aromatic heterocycles. The fourth-order valence-electron chi connectivity index (χ4n) is 2.84. The van der Waals surface area contributed by atoms with Crippen LogP contribution in [0.4, 0.5) is 13.2 Å². The van der Waals surface area contributed by atoms with E-state index in [9.17, 15) is 23.2 Å². The monoisotopic (exact) mass is 469 g/mol. The minimum Gasteiger partial charge on any atom is -0.457 e. The smallest absolute Gasteiger partial charge is 0.400 e. The van der Waals surface area contributed by atoms with E-state index in [4.69, 9.17) is 14.2 Å². The van der Waals surface area contributed by atoms with Crippen LogP contribution >= 0.6 is 0 Å². The van der Waals surface area contributed by atoms with Gasteiger partial charge in [-0.1, -0.05) is 38.1 Å². The Morgan fingerprint density at radius 3 is 2.24 bits per heavy atom. The van der Waals surface area contributed by atoms with E-state index >= 15 is 0 Å². The van der Waals surface area contributed by atoms with Gasteiger partial charge in [0, 0.05) is 5.56 Å². The Balaban J connectivity index is 1.61. The molecule has 1 unspecified atom stereocenters. The molecule has 1 atom stereocenters. The summed E-state index contributed by atoms with van der Waals surface area (Å²) in [6, 6.07) is 19.5. The van der Waals surface area contributed by atoms with Crippen molar-refractivity contribution < 1.29 is 32.2 Å². The molecule has 0 saturated carbocycles. The minimum atomic E-state index is -3.31. The van der Waals surface area contributed by atoms with Crippen LogP contribution in [0, 0.1) is 23.1 Å². The summed E-state index contributed by atoms with van der Waals surface area (Å²) in [7, 11) is 0. The lowest BCUT2D eigenvalue weighted by molar-refractivity contribution is -0.207. The second-order valence-corrected chi connectivity index (χ2v) is 7.77. The van der Waals surface area contributed by atoms with Gasteiger partial charge in [-0.15, -0.1) is 0 Å². The number of hydrogen-bond donors (Lipinski definition) is 0. The molecule has 0 fully saturated rings. The summed E-state index contributed by atoms with van der Waals surface area (Å²) in [5, 5.41) is 9.50. The van der Waals surface area contributed by atoms with E-state index in [1.54, 1.807) is 24.3 Å². The van der Waals surface area contributed by atoms with Crippen molar-refractivity contribution in [1.82, 2.24) is 0 Å². The maximum Gasteiger partial charge on any atom is 0.400 e. The first-order valence-corrected chi connectivity index (χ1v) is 10.4. The van der Waals surface area contributed by atoms with E-state index in [-0.39, 0.29) is 12.2 Å². The number of rotatable bonds is 9. The van der Waals surface area contributed by atoms with Gasteiger partial charge in [-0.2, -0.15) is 14.0 Å². The molecule has 3 aromatic rings. The minimum absolute atomic E-state index is 0.0244. The molecule has 0 spiro atoms. The van der Waals surface area contributed by atoms with Gasteiger partial charge in [0.05, 0.1) is 12.3 Å². The van der Waals surface area contributed by atoms with Crippen LogP contribution in [-0.4, -0.2) is 12.1 Å². The largest absolute Gasteiger partial charge is 0.457 e. The first-order valence-electron chi connectivity index (χ1n) is 10.4. The molecule has 0 aliphatic heterocycles. The fraction of sp³-hybridized carbons (Fsp3) is 0.231. The zero-order valence-electron chi connectivity index (χ0n) is 18.5. The zero-order chi connectivity index (χ0) is 24.7. The Morgan fingerprint density at radius 2 is 1.62 bits per heavy atom. The Kier molecular flexibility index (Phi) is 7.79. The number of alkyl halides is 2. The lowest BCUT2D eigenvalue weighted by atomic mass is 10.1. The Labute approximate surface area is 195 Å². The molecule has 0 bridgehead atoms. The van der Waals surface area contributed by atoms with Gasteiger partial charge in [-0.3, -0.25) is 4.79 Å². The Bertz CT molecular complexity index is 1160. The van der Waals surface area contributed by atoms with E-state index in [1.807, 2.05) is 6.07 Å². The molecule has 8 heteroatoms. The van der Waals surface area contributed by atoms with Crippen molar-refractivity contribution >= 4 is 5.97 Å². The zero-order valence-corrected chi connectivity index (χ0v) is 18.5. The van der Waals surface area contributed by atoms with Crippen molar-refractivity contribution in [2.45, 2.75) is 32.5 Å². The van der Waals surface area contributed by atoms with Crippen molar-refractivity contribution in [3.8, 4) is 23.3 Å². The van der Waals surface area contributed by atoms with Gasteiger partial charge < -0.3 is 14.2 Å². The maximum atomic E-state index is 13.7. The van der Waals surface area contributed by atoms with Crippen LogP contribution in [0.3, 0.4) is 0 Å². The lowest BCUT2D eigenvalue weighted by Gasteiger charge is -2.21. The summed E-state index contributed by atoms with van der Waals surface area (Å²) < 4.78 is 56.1. The highest BCUT2D eigenvalue weighted by Gasteiger charge is 2.36. The van der Waals surface area contributed by atoms with Crippen LogP contribution in [0.15, 0.2) is 72.8 Å². The van der Waals surface area contributed by atoms with Gasteiger partial charge in [-0.05, 0) is 54.1 Å². The summed E-state index contributed by atoms with van der Waals surface area (Å²) in [5.74, 6) is -1.30. The maximum absolute atomic E-state index is 13.7. The van der Waals surface area contributed by atoms with Crippen LogP contribution in [0.2, 0.25) is 0 Å². The predicted molar refractivity (Wildman–Crippen MR) is 118 cm³/mol. The summed E-state index contributed by atoms with van der Waals surface area (Å²) in [4.78, 5) is 12.4. The van der Waals surface area contributed by atoms with Crippen LogP contribution in [0.1, 0.15) is 31.1 Å².